The second kappa shape index (κ2) is 6.83. The predicted molar refractivity (Wildman–Crippen MR) is 99.2 cm³/mol. The van der Waals surface area contributed by atoms with E-state index in [1.54, 1.807) is 18.7 Å². The van der Waals surface area contributed by atoms with E-state index in [9.17, 15) is 10.0 Å². The Morgan fingerprint density at radius 3 is 2.21 bits per heavy atom. The first-order chi connectivity index (χ1) is 13.0. The summed E-state index contributed by atoms with van der Waals surface area (Å²) in [7, 11) is 3.04. The number of hydrogen-bond donors (Lipinski definition) is 1. The molecule has 1 saturated carbocycles. The molecule has 1 spiro atoms. The van der Waals surface area contributed by atoms with Crippen molar-refractivity contribution in [3.63, 3.8) is 0 Å². The minimum Gasteiger partial charge on any atom is -0.444 e. The van der Waals surface area contributed by atoms with Crippen LogP contribution in [-0.2, 0) is 23.7 Å². The highest BCUT2D eigenvalue weighted by Gasteiger charge is 2.68. The lowest BCUT2D eigenvalue weighted by atomic mass is 9.82. The van der Waals surface area contributed by atoms with Crippen molar-refractivity contribution in [2.45, 2.75) is 82.4 Å². The molecule has 0 aromatic rings. The number of oxime groups is 1. The molecule has 0 aromatic carbocycles. The zero-order valence-electron chi connectivity index (χ0n) is 17.7. The van der Waals surface area contributed by atoms with E-state index < -0.39 is 41.0 Å². The molecule has 2 heterocycles. The number of ether oxygens (including phenoxy) is 5. The van der Waals surface area contributed by atoms with Crippen molar-refractivity contribution in [3.8, 4) is 0 Å². The number of hydrogen-bond acceptors (Lipinski definition) is 8. The van der Waals surface area contributed by atoms with Gasteiger partial charge < -0.3 is 28.9 Å². The fraction of sp³-hybridized carbons (Fsp3) is 0.895. The summed E-state index contributed by atoms with van der Waals surface area (Å²) < 4.78 is 29.4. The summed E-state index contributed by atoms with van der Waals surface area (Å²) in [4.78, 5) is 14.6. The molecule has 28 heavy (non-hydrogen) atoms. The van der Waals surface area contributed by atoms with Crippen LogP contribution in [0.15, 0.2) is 5.16 Å². The molecule has 1 aliphatic carbocycles. The van der Waals surface area contributed by atoms with Gasteiger partial charge >= 0.3 is 6.09 Å². The molecular weight excluding hydrogens is 368 g/mol. The number of carbonyl (C=O) groups is 1. The third kappa shape index (κ3) is 3.28. The maximum Gasteiger partial charge on any atom is 0.410 e. The second-order valence-corrected chi connectivity index (χ2v) is 9.02. The lowest BCUT2D eigenvalue weighted by Crippen LogP contribution is -2.73. The number of rotatable bonds is 3. The molecular formula is C19H32N2O7. The first-order valence-electron chi connectivity index (χ1n) is 9.59. The third-order valence-electron chi connectivity index (χ3n) is 6.19. The molecule has 2 aliphatic heterocycles. The summed E-state index contributed by atoms with van der Waals surface area (Å²) in [6.07, 6.45) is 1.57. The van der Waals surface area contributed by atoms with Crippen molar-refractivity contribution in [3.05, 3.63) is 0 Å². The number of likely N-dealkylation sites (tertiary alicyclic amines) is 1. The van der Waals surface area contributed by atoms with Crippen molar-refractivity contribution >= 4 is 12.3 Å². The quantitative estimate of drug-likeness (QED) is 0.441. The smallest absolute Gasteiger partial charge is 0.410 e. The van der Waals surface area contributed by atoms with Crippen molar-refractivity contribution in [2.75, 3.05) is 20.8 Å². The Morgan fingerprint density at radius 2 is 1.75 bits per heavy atom. The van der Waals surface area contributed by atoms with Crippen LogP contribution >= 0.6 is 0 Å². The SMILES string of the molecule is COC1(C)OC2CN(C(=O)OC(C)(C)C)C3(CC3)C(/C=N\O)C2OC1(C)OC. The minimum atomic E-state index is -1.18. The highest BCUT2D eigenvalue weighted by atomic mass is 16.8. The Kier molecular flexibility index (Phi) is 5.19. The maximum atomic E-state index is 13.0. The zero-order chi connectivity index (χ0) is 21.0. The maximum absolute atomic E-state index is 13.0. The Balaban J connectivity index is 1.96. The molecule has 0 bridgehead atoms. The molecule has 0 aromatic heterocycles. The van der Waals surface area contributed by atoms with Gasteiger partial charge in [0.25, 0.3) is 0 Å². The van der Waals surface area contributed by atoms with Crippen LogP contribution in [0.4, 0.5) is 4.79 Å². The fourth-order valence-corrected chi connectivity index (χ4v) is 4.27. The van der Waals surface area contributed by atoms with Crippen LogP contribution < -0.4 is 0 Å². The monoisotopic (exact) mass is 400 g/mol. The van der Waals surface area contributed by atoms with E-state index in [1.807, 2.05) is 20.8 Å². The molecule has 9 nitrogen and oxygen atoms in total. The molecule has 0 radical (unpaired) electrons. The van der Waals surface area contributed by atoms with E-state index in [2.05, 4.69) is 5.16 Å². The van der Waals surface area contributed by atoms with Crippen LogP contribution in [0.3, 0.4) is 0 Å². The zero-order valence-corrected chi connectivity index (χ0v) is 17.7. The average molecular weight is 400 g/mol. The molecule has 2 saturated heterocycles. The topological polar surface area (TPSA) is 99.1 Å². The highest BCUT2D eigenvalue weighted by Crippen LogP contribution is 2.55. The van der Waals surface area contributed by atoms with Crippen molar-refractivity contribution in [1.82, 2.24) is 4.90 Å². The fourth-order valence-electron chi connectivity index (χ4n) is 4.27. The van der Waals surface area contributed by atoms with Gasteiger partial charge in [-0.25, -0.2) is 4.79 Å². The standard InChI is InChI=1S/C19H32N2O7/c1-16(2,3)28-15(22)21-11-13-14(12(10-20-23)19(21)8-9-19)27-18(5,25-7)17(4,24-6)26-13/h10,12-14,23H,8-9,11H2,1-7H3/b20-10-. The van der Waals surface area contributed by atoms with Crippen LogP contribution in [0, 0.1) is 5.92 Å². The molecule has 1 N–H and O–H groups in total. The van der Waals surface area contributed by atoms with Gasteiger partial charge in [-0.1, -0.05) is 0 Å². The summed E-state index contributed by atoms with van der Waals surface area (Å²) in [5, 5.41) is 12.6. The average Bonchev–Trinajstić information content (AvgIpc) is 3.39. The van der Waals surface area contributed by atoms with Crippen LogP contribution in [0.5, 0.6) is 0 Å². The van der Waals surface area contributed by atoms with Crippen LogP contribution in [0.25, 0.3) is 0 Å². The van der Waals surface area contributed by atoms with Gasteiger partial charge in [-0.2, -0.15) is 0 Å². The molecule has 5 atom stereocenters. The van der Waals surface area contributed by atoms with Crippen molar-refractivity contribution in [2.24, 2.45) is 11.1 Å². The van der Waals surface area contributed by atoms with E-state index in [1.165, 1.54) is 20.4 Å². The molecule has 3 rings (SSSR count). The van der Waals surface area contributed by atoms with Crippen LogP contribution in [0.2, 0.25) is 0 Å². The van der Waals surface area contributed by atoms with E-state index >= 15 is 0 Å². The van der Waals surface area contributed by atoms with Gasteiger partial charge in [0.15, 0.2) is 0 Å². The van der Waals surface area contributed by atoms with Crippen LogP contribution in [0.1, 0.15) is 47.5 Å². The number of nitrogens with zero attached hydrogens (tertiary/aromatic N) is 2. The number of amides is 1. The van der Waals surface area contributed by atoms with E-state index in [0.717, 1.165) is 12.8 Å². The van der Waals surface area contributed by atoms with Gasteiger partial charge in [-0.3, -0.25) is 4.90 Å². The van der Waals surface area contributed by atoms with Gasteiger partial charge in [0.05, 0.1) is 30.3 Å². The Bertz CT molecular complexity index is 645. The van der Waals surface area contributed by atoms with Gasteiger partial charge in [-0.15, -0.1) is 5.16 Å². The Hall–Kier alpha value is -1.42. The largest absolute Gasteiger partial charge is 0.444 e. The summed E-state index contributed by atoms with van der Waals surface area (Å²) in [5.41, 5.74) is -1.14. The summed E-state index contributed by atoms with van der Waals surface area (Å²) in [5.74, 6) is -2.73. The van der Waals surface area contributed by atoms with E-state index in [4.69, 9.17) is 23.7 Å². The molecule has 1 amide bonds. The molecule has 5 unspecified atom stereocenters. The number of piperidine rings is 1. The first-order valence-corrected chi connectivity index (χ1v) is 9.59. The van der Waals surface area contributed by atoms with Gasteiger partial charge in [0.1, 0.15) is 11.7 Å². The lowest BCUT2D eigenvalue weighted by Gasteiger charge is -2.57. The normalized spacial score (nSPS) is 39.8. The molecule has 9 heteroatoms. The van der Waals surface area contributed by atoms with Gasteiger partial charge in [0, 0.05) is 14.2 Å². The second-order valence-electron chi connectivity index (χ2n) is 9.02. The van der Waals surface area contributed by atoms with Gasteiger partial charge in [-0.05, 0) is 47.5 Å². The number of carbonyl (C=O) groups excluding carboxylic acids is 1. The van der Waals surface area contributed by atoms with E-state index in [0.29, 0.717) is 0 Å². The highest BCUT2D eigenvalue weighted by molar-refractivity contribution is 5.74. The Morgan fingerprint density at radius 1 is 1.18 bits per heavy atom. The molecule has 3 fully saturated rings. The number of fused-ring (bicyclic) bond motifs is 1. The summed E-state index contributed by atoms with van der Waals surface area (Å²) >= 11 is 0. The summed E-state index contributed by atoms with van der Waals surface area (Å²) in [6, 6.07) is 0. The van der Waals surface area contributed by atoms with Crippen molar-refractivity contribution < 1.29 is 33.7 Å². The van der Waals surface area contributed by atoms with Crippen molar-refractivity contribution in [1.29, 1.82) is 0 Å². The predicted octanol–water partition coefficient (Wildman–Crippen LogP) is 2.36. The van der Waals surface area contributed by atoms with E-state index in [-0.39, 0.29) is 12.5 Å². The molecule has 160 valence electrons. The third-order valence-corrected chi connectivity index (χ3v) is 6.19. The summed E-state index contributed by atoms with van der Waals surface area (Å²) in [6.45, 7) is 9.26. The lowest BCUT2D eigenvalue weighted by molar-refractivity contribution is -0.456. The molecule has 3 aliphatic rings. The first kappa shape index (κ1) is 21.3. The number of methoxy groups -OCH3 is 2. The van der Waals surface area contributed by atoms with Gasteiger partial charge in [0.2, 0.25) is 11.6 Å². The Labute approximate surface area is 165 Å². The van der Waals surface area contributed by atoms with Crippen LogP contribution in [-0.4, -0.2) is 78.1 Å². The minimum absolute atomic E-state index is 0.286.